The Morgan fingerprint density at radius 1 is 1.07 bits per heavy atom. The van der Waals surface area contributed by atoms with E-state index in [1.54, 1.807) is 11.3 Å². The van der Waals surface area contributed by atoms with Crippen LogP contribution in [0.15, 0.2) is 36.4 Å². The summed E-state index contributed by atoms with van der Waals surface area (Å²) in [5, 5.41) is 0.788. The predicted molar refractivity (Wildman–Crippen MR) is 114 cm³/mol. The maximum absolute atomic E-state index is 13.3. The van der Waals surface area contributed by atoms with Crippen molar-refractivity contribution in [3.8, 4) is 0 Å². The average Bonchev–Trinajstić information content (AvgIpc) is 3.05. The van der Waals surface area contributed by atoms with Gasteiger partial charge in [-0.25, -0.2) is 4.98 Å². The molecule has 0 fully saturated rings. The molecule has 0 aliphatic rings. The molecule has 0 spiro atoms. The zero-order valence-corrected chi connectivity index (χ0v) is 17.6. The smallest absolute Gasteiger partial charge is 0.260 e. The Balaban J connectivity index is 1.97. The lowest BCUT2D eigenvalue weighted by molar-refractivity contribution is -0.858. The number of anilines is 1. The Morgan fingerprint density at radius 3 is 2.52 bits per heavy atom. The molecule has 0 saturated heterocycles. The Bertz CT molecular complexity index is 961. The maximum atomic E-state index is 13.3. The first-order valence-corrected chi connectivity index (χ1v) is 10.2. The van der Waals surface area contributed by atoms with Gasteiger partial charge in [-0.05, 0) is 55.7 Å². The van der Waals surface area contributed by atoms with Gasteiger partial charge in [0, 0.05) is 18.5 Å². The summed E-state index contributed by atoms with van der Waals surface area (Å²) in [5.41, 5.74) is 5.20. The third-order valence-electron chi connectivity index (χ3n) is 4.90. The molecule has 5 heteroatoms. The molecule has 0 radical (unpaired) electrons. The van der Waals surface area contributed by atoms with E-state index in [0.717, 1.165) is 45.0 Å². The van der Waals surface area contributed by atoms with Crippen LogP contribution >= 0.6 is 11.3 Å². The van der Waals surface area contributed by atoms with Crippen LogP contribution in [0, 0.1) is 20.8 Å². The van der Waals surface area contributed by atoms with Crippen LogP contribution in [0.5, 0.6) is 0 Å². The van der Waals surface area contributed by atoms with E-state index in [2.05, 4.69) is 40.1 Å². The highest BCUT2D eigenvalue weighted by molar-refractivity contribution is 7.22. The van der Waals surface area contributed by atoms with Gasteiger partial charge in [0.15, 0.2) is 5.13 Å². The molecule has 3 rings (SSSR count). The van der Waals surface area contributed by atoms with Crippen LogP contribution in [0.4, 0.5) is 5.13 Å². The summed E-state index contributed by atoms with van der Waals surface area (Å²) in [5.74, 6) is 0.0311. The van der Waals surface area contributed by atoms with Gasteiger partial charge in [0.25, 0.3) is 5.91 Å². The van der Waals surface area contributed by atoms with Gasteiger partial charge in [0.05, 0.1) is 30.9 Å². The van der Waals surface area contributed by atoms with E-state index in [0.29, 0.717) is 6.54 Å². The Hall–Kier alpha value is -2.24. The molecule has 0 aliphatic carbocycles. The average molecular weight is 383 g/mol. The van der Waals surface area contributed by atoms with Crippen molar-refractivity contribution >= 4 is 32.6 Å². The number of amides is 1. The monoisotopic (exact) mass is 382 g/mol. The van der Waals surface area contributed by atoms with Crippen LogP contribution in [0.2, 0.25) is 0 Å². The lowest BCUT2D eigenvalue weighted by Crippen LogP contribution is -3.05. The van der Waals surface area contributed by atoms with Crippen molar-refractivity contribution in [2.75, 3.05) is 32.1 Å². The second-order valence-electron chi connectivity index (χ2n) is 7.48. The summed E-state index contributed by atoms with van der Waals surface area (Å²) >= 11 is 1.60. The summed E-state index contributed by atoms with van der Waals surface area (Å²) in [6.07, 6.45) is 0.938. The number of thiazole rings is 1. The lowest BCUT2D eigenvalue weighted by atomic mass is 10.1. The number of carbonyl (C=O) groups is 1. The fourth-order valence-corrected chi connectivity index (χ4v) is 4.16. The van der Waals surface area contributed by atoms with Gasteiger partial charge in [-0.3, -0.25) is 9.69 Å². The van der Waals surface area contributed by atoms with E-state index in [4.69, 9.17) is 4.98 Å². The fourth-order valence-electron chi connectivity index (χ4n) is 3.10. The number of hydrogen-bond donors (Lipinski definition) is 1. The van der Waals surface area contributed by atoms with Crippen molar-refractivity contribution in [3.63, 3.8) is 0 Å². The van der Waals surface area contributed by atoms with E-state index in [-0.39, 0.29) is 5.91 Å². The first-order valence-electron chi connectivity index (χ1n) is 9.41. The number of nitrogens with zero attached hydrogens (tertiary/aromatic N) is 2. The highest BCUT2D eigenvalue weighted by Crippen LogP contribution is 2.31. The summed E-state index contributed by atoms with van der Waals surface area (Å²) in [6, 6.07) is 12.1. The van der Waals surface area contributed by atoms with Crippen LogP contribution in [0.1, 0.15) is 33.5 Å². The minimum absolute atomic E-state index is 0.0311. The predicted octanol–water partition coefficient (Wildman–Crippen LogP) is 3.40. The maximum Gasteiger partial charge on any atom is 0.260 e. The highest BCUT2D eigenvalue weighted by atomic mass is 32.1. The molecule has 0 bridgehead atoms. The number of fused-ring (bicyclic) bond motifs is 1. The third kappa shape index (κ3) is 4.37. The van der Waals surface area contributed by atoms with Gasteiger partial charge >= 0.3 is 0 Å². The third-order valence-corrected chi connectivity index (χ3v) is 5.94. The number of quaternary nitrogens is 1. The molecule has 2 aromatic carbocycles. The molecule has 1 amide bonds. The zero-order valence-electron chi connectivity index (χ0n) is 16.8. The van der Waals surface area contributed by atoms with Gasteiger partial charge in [0.2, 0.25) is 0 Å². The van der Waals surface area contributed by atoms with Crippen molar-refractivity contribution in [1.29, 1.82) is 0 Å². The van der Waals surface area contributed by atoms with Gasteiger partial charge < -0.3 is 4.90 Å². The first-order chi connectivity index (χ1) is 12.9. The van der Waals surface area contributed by atoms with Gasteiger partial charge in [-0.1, -0.05) is 29.5 Å². The van der Waals surface area contributed by atoms with Crippen LogP contribution in [-0.2, 0) is 0 Å². The molecule has 4 nitrogen and oxygen atoms in total. The van der Waals surface area contributed by atoms with Crippen molar-refractivity contribution in [1.82, 2.24) is 4.98 Å². The van der Waals surface area contributed by atoms with E-state index >= 15 is 0 Å². The molecule has 3 aromatic rings. The summed E-state index contributed by atoms with van der Waals surface area (Å²) < 4.78 is 1.13. The molecule has 0 aliphatic heterocycles. The second kappa shape index (κ2) is 8.19. The molecular formula is C22H28N3OS+. The molecule has 0 atom stereocenters. The van der Waals surface area contributed by atoms with Crippen molar-refractivity contribution in [2.45, 2.75) is 27.2 Å². The van der Waals surface area contributed by atoms with Crippen molar-refractivity contribution in [2.24, 2.45) is 0 Å². The molecule has 1 heterocycles. The van der Waals surface area contributed by atoms with Gasteiger partial charge in [-0.2, -0.15) is 0 Å². The Kier molecular flexibility index (Phi) is 5.92. The van der Waals surface area contributed by atoms with Crippen LogP contribution in [0.3, 0.4) is 0 Å². The quantitative estimate of drug-likeness (QED) is 0.709. The van der Waals surface area contributed by atoms with Gasteiger partial charge in [-0.15, -0.1) is 0 Å². The van der Waals surface area contributed by atoms with Crippen LogP contribution in [0.25, 0.3) is 10.2 Å². The molecule has 0 unspecified atom stereocenters. The van der Waals surface area contributed by atoms with E-state index in [1.165, 1.54) is 10.5 Å². The number of benzene rings is 2. The first kappa shape index (κ1) is 19.5. The van der Waals surface area contributed by atoms with E-state index in [1.807, 2.05) is 36.1 Å². The summed E-state index contributed by atoms with van der Waals surface area (Å²) in [7, 11) is 4.27. The summed E-state index contributed by atoms with van der Waals surface area (Å²) in [4.78, 5) is 21.4. The highest BCUT2D eigenvalue weighted by Gasteiger charge is 2.22. The normalized spacial score (nSPS) is 11.3. The largest absolute Gasteiger partial charge is 0.340 e. The lowest BCUT2D eigenvalue weighted by Gasteiger charge is -2.21. The number of rotatable bonds is 6. The van der Waals surface area contributed by atoms with Crippen LogP contribution < -0.4 is 9.80 Å². The Morgan fingerprint density at radius 2 is 1.85 bits per heavy atom. The number of carbonyl (C=O) groups excluding carboxylic acids is 1. The standard InChI is InChI=1S/C22H27N3OS/c1-15-10-11-18(14-17(15)3)21(26)25(13-7-12-24(4)5)22-23-20-16(2)8-6-9-19(20)27-22/h6,8-11,14H,7,12-13H2,1-5H3/p+1. The molecule has 1 aromatic heterocycles. The summed E-state index contributed by atoms with van der Waals surface area (Å²) in [6.45, 7) is 7.87. The SMILES string of the molecule is Cc1ccc(C(=O)N(CCC[NH+](C)C)c2nc3c(C)cccc3s2)cc1C. The molecule has 27 heavy (non-hydrogen) atoms. The molecular weight excluding hydrogens is 354 g/mol. The van der Waals surface area contributed by atoms with Crippen LogP contribution in [-0.4, -0.2) is 38.1 Å². The van der Waals surface area contributed by atoms with Crippen molar-refractivity contribution in [3.05, 3.63) is 58.7 Å². The zero-order chi connectivity index (χ0) is 19.6. The second-order valence-corrected chi connectivity index (χ2v) is 8.49. The minimum atomic E-state index is 0.0311. The van der Waals surface area contributed by atoms with E-state index < -0.39 is 0 Å². The molecule has 1 N–H and O–H groups in total. The van der Waals surface area contributed by atoms with Gasteiger partial charge in [0.1, 0.15) is 0 Å². The Labute approximate surface area is 165 Å². The molecule has 0 saturated carbocycles. The minimum Gasteiger partial charge on any atom is -0.340 e. The number of aromatic nitrogens is 1. The number of aryl methyl sites for hydroxylation is 3. The fraction of sp³-hybridized carbons (Fsp3) is 0.364. The van der Waals surface area contributed by atoms with Crippen molar-refractivity contribution < 1.29 is 9.69 Å². The molecule has 142 valence electrons. The number of hydrogen-bond acceptors (Lipinski definition) is 3. The van der Waals surface area contributed by atoms with E-state index in [9.17, 15) is 4.79 Å². The number of para-hydroxylation sites is 1. The topological polar surface area (TPSA) is 37.6 Å². The number of nitrogens with one attached hydrogen (secondary N) is 1.